The predicted molar refractivity (Wildman–Crippen MR) is 158 cm³/mol. The van der Waals surface area contributed by atoms with Crippen LogP contribution in [-0.2, 0) is 19.1 Å². The van der Waals surface area contributed by atoms with Crippen LogP contribution < -0.4 is 0 Å². The highest BCUT2D eigenvalue weighted by atomic mass is 16.5. The fraction of sp³-hybridized carbons (Fsp3) is 0.438. The predicted octanol–water partition coefficient (Wildman–Crippen LogP) is 5.79. The molecule has 0 saturated carbocycles. The van der Waals surface area contributed by atoms with E-state index in [-0.39, 0.29) is 29.5 Å². The maximum absolute atomic E-state index is 11.5. The SMILES string of the molecule is CCCCCCCCCC(C(=O)O)C(=O)O.O=C(O)c1cccc(C(=O)O)c1.O=C1OCCCCOC(=O)c2ccc1cc2. The molecule has 240 valence electrons. The molecule has 12 nitrogen and oxygen atoms in total. The molecule has 0 unspecified atom stereocenters. The number of fused-ring (bicyclic) bond motifs is 9. The third-order valence-corrected chi connectivity index (χ3v) is 6.41. The Morgan fingerprint density at radius 2 is 1.07 bits per heavy atom. The van der Waals surface area contributed by atoms with Gasteiger partial charge in [0.2, 0.25) is 0 Å². The number of unbranched alkanes of at least 4 members (excludes halogenated alkanes) is 6. The number of aliphatic carboxylic acids is 2. The maximum Gasteiger partial charge on any atom is 0.338 e. The topological polar surface area (TPSA) is 202 Å². The molecule has 2 aromatic carbocycles. The summed E-state index contributed by atoms with van der Waals surface area (Å²) in [5.74, 6) is -6.62. The largest absolute Gasteiger partial charge is 0.481 e. The van der Waals surface area contributed by atoms with E-state index in [2.05, 4.69) is 6.92 Å². The molecule has 4 rings (SSSR count). The summed E-state index contributed by atoms with van der Waals surface area (Å²) in [6.45, 7) is 2.88. The molecule has 0 amide bonds. The molecule has 0 saturated heterocycles. The molecule has 0 radical (unpaired) electrons. The third-order valence-electron chi connectivity index (χ3n) is 6.41. The fourth-order valence-electron chi connectivity index (χ4n) is 3.89. The van der Waals surface area contributed by atoms with E-state index in [4.69, 9.17) is 29.9 Å². The van der Waals surface area contributed by atoms with E-state index in [0.29, 0.717) is 43.6 Å². The molecule has 2 aromatic rings. The average Bonchev–Trinajstić information content (AvgIpc) is 2.99. The van der Waals surface area contributed by atoms with Gasteiger partial charge in [-0.15, -0.1) is 0 Å². The summed E-state index contributed by atoms with van der Waals surface area (Å²) in [7, 11) is 0. The molecular formula is C32H40O12. The van der Waals surface area contributed by atoms with Gasteiger partial charge in [-0.3, -0.25) is 9.59 Å². The Kier molecular flexibility index (Phi) is 17.8. The highest BCUT2D eigenvalue weighted by Gasteiger charge is 2.24. The molecule has 2 aliphatic rings. The Balaban J connectivity index is 0.000000334. The van der Waals surface area contributed by atoms with Crippen LogP contribution in [0.4, 0.5) is 0 Å². The zero-order chi connectivity index (χ0) is 32.9. The minimum atomic E-state index is -1.23. The van der Waals surface area contributed by atoms with E-state index >= 15 is 0 Å². The van der Waals surface area contributed by atoms with Crippen molar-refractivity contribution in [2.24, 2.45) is 5.92 Å². The summed E-state index contributed by atoms with van der Waals surface area (Å²) in [6.07, 6.45) is 9.19. The fourth-order valence-corrected chi connectivity index (χ4v) is 3.89. The first-order valence-electron chi connectivity index (χ1n) is 14.4. The van der Waals surface area contributed by atoms with Crippen LogP contribution >= 0.6 is 0 Å². The number of carbonyl (C=O) groups excluding carboxylic acids is 2. The van der Waals surface area contributed by atoms with Crippen LogP contribution in [0.1, 0.15) is 113 Å². The number of rotatable bonds is 12. The van der Waals surface area contributed by atoms with Gasteiger partial charge in [0.05, 0.1) is 35.5 Å². The summed E-state index contributed by atoms with van der Waals surface area (Å²) >= 11 is 0. The van der Waals surface area contributed by atoms with E-state index < -0.39 is 29.8 Å². The lowest BCUT2D eigenvalue weighted by molar-refractivity contribution is -0.154. The molecule has 0 spiro atoms. The van der Waals surface area contributed by atoms with E-state index in [9.17, 15) is 28.8 Å². The number of benzene rings is 2. The minimum absolute atomic E-state index is 0.0186. The number of hydrogen-bond donors (Lipinski definition) is 4. The van der Waals surface area contributed by atoms with Crippen molar-refractivity contribution in [3.05, 3.63) is 70.8 Å². The number of carboxylic acids is 4. The van der Waals surface area contributed by atoms with Gasteiger partial charge in [-0.2, -0.15) is 0 Å². The summed E-state index contributed by atoms with van der Waals surface area (Å²) < 4.78 is 10.1. The molecule has 2 heterocycles. The van der Waals surface area contributed by atoms with Gasteiger partial charge >= 0.3 is 35.8 Å². The minimum Gasteiger partial charge on any atom is -0.481 e. The average molecular weight is 617 g/mol. The monoisotopic (exact) mass is 616 g/mol. The molecule has 0 aliphatic carbocycles. The zero-order valence-corrected chi connectivity index (χ0v) is 24.7. The number of carbonyl (C=O) groups is 6. The number of ether oxygens (including phenoxy) is 2. The third kappa shape index (κ3) is 14.9. The first-order chi connectivity index (χ1) is 21.0. The Bertz CT molecular complexity index is 1150. The van der Waals surface area contributed by atoms with Gasteiger partial charge in [-0.25, -0.2) is 19.2 Å². The lowest BCUT2D eigenvalue weighted by Gasteiger charge is -2.09. The number of aromatic carboxylic acids is 2. The van der Waals surface area contributed by atoms with E-state index in [1.54, 1.807) is 24.3 Å². The number of carboxylic acid groups (broad SMARTS) is 4. The lowest BCUT2D eigenvalue weighted by atomic mass is 10.0. The molecule has 0 fully saturated rings. The van der Waals surface area contributed by atoms with Crippen LogP contribution in [0.25, 0.3) is 0 Å². The van der Waals surface area contributed by atoms with Crippen molar-refractivity contribution in [3.8, 4) is 0 Å². The second kappa shape index (κ2) is 21.0. The summed E-state index contributed by atoms with van der Waals surface area (Å²) in [5, 5.41) is 34.3. The normalized spacial score (nSPS) is 12.6. The standard InChI is InChI=1S/C12H12O4.C12H22O4.C8H6O4/c13-11-9-3-5-10(6-4-9)12(14)16-8-2-1-7-15-11;1-2-3-4-5-6-7-8-9-10(11(13)14)12(15)16;9-7(10)5-2-1-3-6(4-5)8(11)12/h3-6H,1-2,7-8H2;10H,2-9H2,1H3,(H,13,14)(H,15,16);1-4H,(H,9,10)(H,11,12). The Morgan fingerprint density at radius 3 is 1.45 bits per heavy atom. The van der Waals surface area contributed by atoms with Crippen LogP contribution in [0.2, 0.25) is 0 Å². The Hall–Kier alpha value is -4.74. The van der Waals surface area contributed by atoms with Crippen molar-refractivity contribution in [2.75, 3.05) is 13.2 Å². The highest BCUT2D eigenvalue weighted by Crippen LogP contribution is 2.14. The molecular weight excluding hydrogens is 576 g/mol. The molecule has 44 heavy (non-hydrogen) atoms. The lowest BCUT2D eigenvalue weighted by Crippen LogP contribution is -2.23. The first kappa shape index (κ1) is 37.3. The Morgan fingerprint density at radius 1 is 0.659 bits per heavy atom. The van der Waals surface area contributed by atoms with E-state index in [1.165, 1.54) is 43.9 Å². The van der Waals surface area contributed by atoms with Crippen molar-refractivity contribution in [3.63, 3.8) is 0 Å². The zero-order valence-electron chi connectivity index (χ0n) is 24.7. The molecule has 2 bridgehead atoms. The van der Waals surface area contributed by atoms with Gasteiger partial charge in [0.25, 0.3) is 0 Å². The quantitative estimate of drug-likeness (QED) is 0.127. The van der Waals surface area contributed by atoms with Gasteiger partial charge in [-0.1, -0.05) is 57.9 Å². The van der Waals surface area contributed by atoms with E-state index in [1.807, 2.05) is 0 Å². The van der Waals surface area contributed by atoms with Crippen molar-refractivity contribution in [1.29, 1.82) is 0 Å². The van der Waals surface area contributed by atoms with Gasteiger partial charge in [0.1, 0.15) is 0 Å². The first-order valence-corrected chi connectivity index (χ1v) is 14.4. The van der Waals surface area contributed by atoms with Crippen LogP contribution in [-0.4, -0.2) is 69.5 Å². The van der Waals surface area contributed by atoms with Crippen LogP contribution in [0.5, 0.6) is 0 Å². The van der Waals surface area contributed by atoms with Crippen LogP contribution in [0, 0.1) is 5.92 Å². The maximum atomic E-state index is 11.5. The summed E-state index contributed by atoms with van der Waals surface area (Å²) in [6, 6.07) is 11.5. The van der Waals surface area contributed by atoms with Crippen molar-refractivity contribution >= 4 is 35.8 Å². The smallest absolute Gasteiger partial charge is 0.338 e. The van der Waals surface area contributed by atoms with Gasteiger partial charge in [-0.05, 0) is 61.7 Å². The van der Waals surface area contributed by atoms with Crippen LogP contribution in [0.15, 0.2) is 48.5 Å². The molecule has 0 atom stereocenters. The molecule has 4 N–H and O–H groups in total. The van der Waals surface area contributed by atoms with Gasteiger partial charge < -0.3 is 29.9 Å². The second-order valence-corrected chi connectivity index (χ2v) is 9.89. The second-order valence-electron chi connectivity index (χ2n) is 9.89. The van der Waals surface area contributed by atoms with Crippen molar-refractivity contribution in [2.45, 2.75) is 71.1 Å². The molecule has 0 aromatic heterocycles. The molecule has 2 aliphatic heterocycles. The van der Waals surface area contributed by atoms with Gasteiger partial charge in [0.15, 0.2) is 5.92 Å². The Labute approximate surface area is 255 Å². The van der Waals surface area contributed by atoms with Crippen molar-refractivity contribution in [1.82, 2.24) is 0 Å². The van der Waals surface area contributed by atoms with Crippen LogP contribution in [0.3, 0.4) is 0 Å². The van der Waals surface area contributed by atoms with Crippen molar-refractivity contribution < 1.29 is 58.7 Å². The number of esters is 2. The molecule has 12 heteroatoms. The summed E-state index contributed by atoms with van der Waals surface area (Å²) in [5.41, 5.74) is 0.874. The van der Waals surface area contributed by atoms with Gasteiger partial charge in [0, 0.05) is 0 Å². The highest BCUT2D eigenvalue weighted by molar-refractivity contribution is 5.94. The number of hydrogen-bond acceptors (Lipinski definition) is 8. The van der Waals surface area contributed by atoms with E-state index in [0.717, 1.165) is 18.9 Å². The summed E-state index contributed by atoms with van der Waals surface area (Å²) in [4.78, 5) is 64.9.